The van der Waals surface area contributed by atoms with Crippen LogP contribution in [0.25, 0.3) is 0 Å². The molecule has 5 nitrogen and oxygen atoms in total. The molecule has 2 N–H and O–H groups in total. The summed E-state index contributed by atoms with van der Waals surface area (Å²) in [7, 11) is -3.83. The zero-order valence-electron chi connectivity index (χ0n) is 13.5. The fourth-order valence-electron chi connectivity index (χ4n) is 2.31. The minimum atomic E-state index is -3.83. The first-order valence-corrected chi connectivity index (χ1v) is 9.18. The Labute approximate surface area is 150 Å². The molecule has 0 aromatic heterocycles. The van der Waals surface area contributed by atoms with Gasteiger partial charge in [0.05, 0.1) is 16.1 Å². The second-order valence-electron chi connectivity index (χ2n) is 5.43. The van der Waals surface area contributed by atoms with Gasteiger partial charge in [0.1, 0.15) is 5.82 Å². The van der Waals surface area contributed by atoms with Crippen molar-refractivity contribution in [3.8, 4) is 0 Å². The molecule has 132 valence electrons. The Hall–Kier alpha value is -3.19. The normalized spacial score (nSPS) is 11.0. The lowest BCUT2D eigenvalue weighted by Gasteiger charge is -2.13. The van der Waals surface area contributed by atoms with Gasteiger partial charge in [-0.25, -0.2) is 12.8 Å². The Morgan fingerprint density at radius 2 is 1.42 bits per heavy atom. The van der Waals surface area contributed by atoms with Crippen LogP contribution in [0.5, 0.6) is 0 Å². The van der Waals surface area contributed by atoms with Crippen LogP contribution < -0.4 is 10.0 Å². The van der Waals surface area contributed by atoms with Crippen molar-refractivity contribution < 1.29 is 17.6 Å². The lowest BCUT2D eigenvalue weighted by Crippen LogP contribution is -2.18. The van der Waals surface area contributed by atoms with E-state index in [9.17, 15) is 17.6 Å². The third-order valence-electron chi connectivity index (χ3n) is 3.57. The van der Waals surface area contributed by atoms with E-state index in [-0.39, 0.29) is 16.1 Å². The summed E-state index contributed by atoms with van der Waals surface area (Å²) in [6.45, 7) is 0. The molecular weight excluding hydrogens is 355 g/mol. The topological polar surface area (TPSA) is 75.3 Å². The highest BCUT2D eigenvalue weighted by molar-refractivity contribution is 7.92. The minimum absolute atomic E-state index is 0.0914. The summed E-state index contributed by atoms with van der Waals surface area (Å²) in [6, 6.07) is 19.4. The van der Waals surface area contributed by atoms with Gasteiger partial charge in [-0.3, -0.25) is 9.52 Å². The zero-order valence-corrected chi connectivity index (χ0v) is 14.3. The smallest absolute Gasteiger partial charge is 0.261 e. The van der Waals surface area contributed by atoms with Crippen LogP contribution in [0.3, 0.4) is 0 Å². The van der Waals surface area contributed by atoms with Crippen LogP contribution in [0.1, 0.15) is 10.4 Å². The molecule has 26 heavy (non-hydrogen) atoms. The molecule has 7 heteroatoms. The molecule has 0 fully saturated rings. The Balaban J connectivity index is 1.86. The predicted octanol–water partition coefficient (Wildman–Crippen LogP) is 3.88. The average Bonchev–Trinajstić information content (AvgIpc) is 2.64. The first-order valence-electron chi connectivity index (χ1n) is 7.69. The van der Waals surface area contributed by atoms with E-state index in [4.69, 9.17) is 0 Å². The number of carbonyl (C=O) groups is 1. The molecule has 0 aliphatic rings. The van der Waals surface area contributed by atoms with Gasteiger partial charge < -0.3 is 5.32 Å². The molecular formula is C19H15FN2O3S. The van der Waals surface area contributed by atoms with Crippen molar-refractivity contribution in [2.45, 2.75) is 4.90 Å². The Morgan fingerprint density at radius 1 is 0.808 bits per heavy atom. The highest BCUT2D eigenvalue weighted by atomic mass is 32.2. The summed E-state index contributed by atoms with van der Waals surface area (Å²) in [4.78, 5) is 12.6. The monoisotopic (exact) mass is 370 g/mol. The van der Waals surface area contributed by atoms with E-state index in [1.165, 1.54) is 48.5 Å². The molecule has 0 saturated carbocycles. The van der Waals surface area contributed by atoms with Crippen LogP contribution in [0, 0.1) is 5.82 Å². The number of hydrogen-bond donors (Lipinski definition) is 2. The van der Waals surface area contributed by atoms with Crippen molar-refractivity contribution in [1.82, 2.24) is 0 Å². The fourth-order valence-corrected chi connectivity index (χ4v) is 3.41. The molecule has 3 aromatic carbocycles. The van der Waals surface area contributed by atoms with Gasteiger partial charge in [0, 0.05) is 5.69 Å². The first kappa shape index (κ1) is 17.6. The van der Waals surface area contributed by atoms with Crippen molar-refractivity contribution in [2.24, 2.45) is 0 Å². The van der Waals surface area contributed by atoms with Gasteiger partial charge in [-0.05, 0) is 48.5 Å². The molecule has 0 heterocycles. The molecule has 0 spiro atoms. The van der Waals surface area contributed by atoms with E-state index in [1.807, 2.05) is 0 Å². The van der Waals surface area contributed by atoms with Gasteiger partial charge in [-0.2, -0.15) is 0 Å². The second-order valence-corrected chi connectivity index (χ2v) is 7.11. The Kier molecular flexibility index (Phi) is 4.99. The predicted molar refractivity (Wildman–Crippen MR) is 98.0 cm³/mol. The van der Waals surface area contributed by atoms with Crippen molar-refractivity contribution in [1.29, 1.82) is 0 Å². The number of anilines is 2. The quantitative estimate of drug-likeness (QED) is 0.716. The van der Waals surface area contributed by atoms with Crippen molar-refractivity contribution in [3.05, 3.63) is 90.2 Å². The molecule has 0 saturated heterocycles. The summed E-state index contributed by atoms with van der Waals surface area (Å²) in [6.07, 6.45) is 0. The Morgan fingerprint density at radius 3 is 2.12 bits per heavy atom. The molecule has 0 bridgehead atoms. The molecule has 3 aromatic rings. The lowest BCUT2D eigenvalue weighted by atomic mass is 10.1. The highest BCUT2D eigenvalue weighted by Gasteiger charge is 2.18. The number of carbonyl (C=O) groups excluding carboxylic acids is 1. The molecule has 0 radical (unpaired) electrons. The number of amides is 1. The van der Waals surface area contributed by atoms with Gasteiger partial charge in [-0.1, -0.05) is 30.3 Å². The minimum Gasteiger partial charge on any atom is -0.322 e. The number of para-hydroxylation sites is 1. The summed E-state index contributed by atoms with van der Waals surface area (Å²) in [5.41, 5.74) is 0.699. The van der Waals surface area contributed by atoms with Crippen LogP contribution in [-0.4, -0.2) is 14.3 Å². The van der Waals surface area contributed by atoms with E-state index < -0.39 is 21.7 Å². The van der Waals surface area contributed by atoms with Gasteiger partial charge in [0.15, 0.2) is 0 Å². The van der Waals surface area contributed by atoms with Crippen molar-refractivity contribution in [3.63, 3.8) is 0 Å². The third kappa shape index (κ3) is 4.07. The van der Waals surface area contributed by atoms with Crippen molar-refractivity contribution >= 4 is 27.3 Å². The zero-order chi connectivity index (χ0) is 18.6. The number of sulfonamides is 1. The van der Waals surface area contributed by atoms with Crippen LogP contribution in [-0.2, 0) is 10.0 Å². The number of benzene rings is 3. The molecule has 0 aliphatic carbocycles. The van der Waals surface area contributed by atoms with E-state index >= 15 is 0 Å². The largest absolute Gasteiger partial charge is 0.322 e. The molecule has 0 unspecified atom stereocenters. The summed E-state index contributed by atoms with van der Waals surface area (Å²) >= 11 is 0. The average molecular weight is 370 g/mol. The maximum absolute atomic E-state index is 13.0. The maximum Gasteiger partial charge on any atom is 0.261 e. The SMILES string of the molecule is O=C(Nc1ccc(F)cc1)c1ccccc1NS(=O)(=O)c1ccccc1. The first-order chi connectivity index (χ1) is 12.5. The number of hydrogen-bond acceptors (Lipinski definition) is 3. The molecule has 3 rings (SSSR count). The van der Waals surface area contributed by atoms with E-state index in [2.05, 4.69) is 10.0 Å². The van der Waals surface area contributed by atoms with Gasteiger partial charge in [-0.15, -0.1) is 0 Å². The van der Waals surface area contributed by atoms with E-state index in [0.29, 0.717) is 5.69 Å². The van der Waals surface area contributed by atoms with Gasteiger partial charge in [0.2, 0.25) is 0 Å². The standard InChI is InChI=1S/C19H15FN2O3S/c20-14-10-12-15(13-11-14)21-19(23)17-8-4-5-9-18(17)22-26(24,25)16-6-2-1-3-7-16/h1-13,22H,(H,21,23). The molecule has 0 aliphatic heterocycles. The van der Waals surface area contributed by atoms with E-state index in [0.717, 1.165) is 0 Å². The van der Waals surface area contributed by atoms with Crippen LogP contribution in [0.15, 0.2) is 83.8 Å². The van der Waals surface area contributed by atoms with Crippen LogP contribution >= 0.6 is 0 Å². The lowest BCUT2D eigenvalue weighted by molar-refractivity contribution is 0.102. The summed E-state index contributed by atoms with van der Waals surface area (Å²) in [5, 5.41) is 2.61. The summed E-state index contributed by atoms with van der Waals surface area (Å²) < 4.78 is 40.4. The fraction of sp³-hybridized carbons (Fsp3) is 0. The van der Waals surface area contributed by atoms with E-state index in [1.54, 1.807) is 30.3 Å². The van der Waals surface area contributed by atoms with Crippen molar-refractivity contribution in [2.75, 3.05) is 10.0 Å². The highest BCUT2D eigenvalue weighted by Crippen LogP contribution is 2.21. The van der Waals surface area contributed by atoms with Gasteiger partial charge in [0.25, 0.3) is 15.9 Å². The summed E-state index contributed by atoms with van der Waals surface area (Å²) in [5.74, 6) is -0.929. The molecule has 1 amide bonds. The Bertz CT molecular complexity index is 1020. The number of nitrogens with one attached hydrogen (secondary N) is 2. The maximum atomic E-state index is 13.0. The van der Waals surface area contributed by atoms with Crippen LogP contribution in [0.4, 0.5) is 15.8 Å². The second kappa shape index (κ2) is 7.37. The third-order valence-corrected chi connectivity index (χ3v) is 4.95. The molecule has 0 atom stereocenters. The van der Waals surface area contributed by atoms with Crippen LogP contribution in [0.2, 0.25) is 0 Å². The number of halogens is 1. The number of rotatable bonds is 5. The van der Waals surface area contributed by atoms with Gasteiger partial charge >= 0.3 is 0 Å².